The third-order valence-electron chi connectivity index (χ3n) is 3.21. The Balaban J connectivity index is 2.66. The molecule has 102 valence electrons. The van der Waals surface area contributed by atoms with Crippen LogP contribution in [0.3, 0.4) is 0 Å². The van der Waals surface area contributed by atoms with Gasteiger partial charge in [-0.1, -0.05) is 19.9 Å². The molecule has 1 aliphatic rings. The van der Waals surface area contributed by atoms with Gasteiger partial charge in [-0.2, -0.15) is 0 Å². The second-order valence-corrected chi connectivity index (χ2v) is 6.24. The Morgan fingerprint density at radius 1 is 1.22 bits per heavy atom. The first kappa shape index (κ1) is 14.7. The molecule has 0 aromatic carbocycles. The lowest BCUT2D eigenvalue weighted by molar-refractivity contribution is -0.157. The lowest BCUT2D eigenvalue weighted by Crippen LogP contribution is -2.26. The molecule has 0 aromatic rings. The summed E-state index contributed by atoms with van der Waals surface area (Å²) in [5, 5.41) is 0. The number of ether oxygens (including phenoxy) is 2. The number of hydrogen-bond donors (Lipinski definition) is 0. The van der Waals surface area contributed by atoms with Crippen molar-refractivity contribution in [1.29, 1.82) is 0 Å². The van der Waals surface area contributed by atoms with E-state index >= 15 is 0 Å². The maximum absolute atomic E-state index is 12.0. The van der Waals surface area contributed by atoms with Crippen molar-refractivity contribution < 1.29 is 19.1 Å². The van der Waals surface area contributed by atoms with Gasteiger partial charge in [0.2, 0.25) is 0 Å². The molecule has 18 heavy (non-hydrogen) atoms. The van der Waals surface area contributed by atoms with Crippen LogP contribution in [0.25, 0.3) is 0 Å². The molecule has 0 spiro atoms. The first-order chi connectivity index (χ1) is 8.09. The zero-order valence-corrected chi connectivity index (χ0v) is 11.9. The van der Waals surface area contributed by atoms with Crippen LogP contribution in [-0.4, -0.2) is 24.6 Å². The van der Waals surface area contributed by atoms with Crippen molar-refractivity contribution in [3.05, 3.63) is 12.2 Å². The molecule has 0 saturated heterocycles. The van der Waals surface area contributed by atoms with E-state index < -0.39 is 11.6 Å². The van der Waals surface area contributed by atoms with Gasteiger partial charge in [0, 0.05) is 6.08 Å². The summed E-state index contributed by atoms with van der Waals surface area (Å²) >= 11 is 0. The molecular weight excluding hydrogens is 232 g/mol. The van der Waals surface area contributed by atoms with Gasteiger partial charge in [0.15, 0.2) is 0 Å². The summed E-state index contributed by atoms with van der Waals surface area (Å²) < 4.78 is 9.90. The van der Waals surface area contributed by atoms with E-state index in [1.165, 1.54) is 13.2 Å². The third kappa shape index (κ3) is 3.34. The Labute approximate surface area is 108 Å². The Bertz CT molecular complexity index is 374. The first-order valence-electron chi connectivity index (χ1n) is 6.08. The van der Waals surface area contributed by atoms with Gasteiger partial charge in [0.25, 0.3) is 0 Å². The van der Waals surface area contributed by atoms with Crippen LogP contribution in [0, 0.1) is 17.3 Å². The number of esters is 2. The molecule has 2 atom stereocenters. The Morgan fingerprint density at radius 3 is 2.22 bits per heavy atom. The SMILES string of the molecule is COC(=O)/C=C\[C@H]1[C@@H](C(=O)OC(C)(C)C)C1(C)C. The molecule has 1 fully saturated rings. The quantitative estimate of drug-likeness (QED) is 0.573. The highest BCUT2D eigenvalue weighted by Gasteiger charge is 2.61. The molecule has 0 radical (unpaired) electrons. The van der Waals surface area contributed by atoms with Crippen molar-refractivity contribution >= 4 is 11.9 Å². The molecule has 0 aromatic heterocycles. The van der Waals surface area contributed by atoms with Gasteiger partial charge < -0.3 is 9.47 Å². The van der Waals surface area contributed by atoms with Crippen molar-refractivity contribution in [2.75, 3.05) is 7.11 Å². The van der Waals surface area contributed by atoms with Crippen molar-refractivity contribution in [3.8, 4) is 0 Å². The van der Waals surface area contributed by atoms with E-state index in [0.29, 0.717) is 0 Å². The summed E-state index contributed by atoms with van der Waals surface area (Å²) in [6, 6.07) is 0. The standard InChI is InChI=1S/C14H22O4/c1-13(2,3)18-12(16)11-9(14(11,4)5)7-8-10(15)17-6/h7-9,11H,1-6H3/b8-7-/t9-,11-/m0/s1. The molecule has 0 heterocycles. The normalized spacial score (nSPS) is 25.9. The summed E-state index contributed by atoms with van der Waals surface area (Å²) in [6.07, 6.45) is 3.11. The maximum atomic E-state index is 12.0. The summed E-state index contributed by atoms with van der Waals surface area (Å²) in [5.41, 5.74) is -0.640. The van der Waals surface area contributed by atoms with Crippen LogP contribution in [0.2, 0.25) is 0 Å². The zero-order valence-electron chi connectivity index (χ0n) is 11.9. The fraction of sp³-hybridized carbons (Fsp3) is 0.714. The number of carbonyl (C=O) groups is 2. The Kier molecular flexibility index (Phi) is 3.89. The minimum atomic E-state index is -0.480. The van der Waals surface area contributed by atoms with Gasteiger partial charge in [-0.25, -0.2) is 4.79 Å². The van der Waals surface area contributed by atoms with Crippen LogP contribution >= 0.6 is 0 Å². The van der Waals surface area contributed by atoms with Crippen LogP contribution in [0.4, 0.5) is 0 Å². The fourth-order valence-corrected chi connectivity index (χ4v) is 2.10. The minimum absolute atomic E-state index is 0.0337. The number of hydrogen-bond acceptors (Lipinski definition) is 4. The van der Waals surface area contributed by atoms with Crippen LogP contribution in [-0.2, 0) is 19.1 Å². The highest BCUT2D eigenvalue weighted by atomic mass is 16.6. The Hall–Kier alpha value is -1.32. The second kappa shape index (κ2) is 4.75. The van der Waals surface area contributed by atoms with Crippen LogP contribution < -0.4 is 0 Å². The second-order valence-electron chi connectivity index (χ2n) is 6.24. The molecule has 1 rings (SSSR count). The van der Waals surface area contributed by atoms with E-state index in [-0.39, 0.29) is 23.2 Å². The molecule has 0 aliphatic heterocycles. The third-order valence-corrected chi connectivity index (χ3v) is 3.21. The molecule has 1 aliphatic carbocycles. The largest absolute Gasteiger partial charge is 0.466 e. The van der Waals surface area contributed by atoms with Gasteiger partial charge in [-0.05, 0) is 32.1 Å². The van der Waals surface area contributed by atoms with Gasteiger partial charge in [-0.15, -0.1) is 0 Å². The predicted octanol–water partition coefficient (Wildman–Crippen LogP) is 2.33. The number of carbonyl (C=O) groups excluding carboxylic acids is 2. The van der Waals surface area contributed by atoms with E-state index in [1.807, 2.05) is 34.6 Å². The summed E-state index contributed by atoms with van der Waals surface area (Å²) in [5.74, 6) is -0.753. The van der Waals surface area contributed by atoms with Gasteiger partial charge in [-0.3, -0.25) is 4.79 Å². The van der Waals surface area contributed by atoms with E-state index in [1.54, 1.807) is 6.08 Å². The molecule has 1 saturated carbocycles. The van der Waals surface area contributed by atoms with E-state index in [4.69, 9.17) is 4.74 Å². The van der Waals surface area contributed by atoms with Gasteiger partial charge >= 0.3 is 11.9 Å². The molecule has 0 bridgehead atoms. The lowest BCUT2D eigenvalue weighted by atomic mass is 10.1. The predicted molar refractivity (Wildman–Crippen MR) is 67.8 cm³/mol. The summed E-state index contributed by atoms with van der Waals surface area (Å²) in [7, 11) is 1.33. The van der Waals surface area contributed by atoms with E-state index in [0.717, 1.165) is 0 Å². The lowest BCUT2D eigenvalue weighted by Gasteiger charge is -2.19. The fourth-order valence-electron chi connectivity index (χ4n) is 2.10. The average Bonchev–Trinajstić information content (AvgIpc) is 2.74. The summed E-state index contributed by atoms with van der Waals surface area (Å²) in [4.78, 5) is 23.0. The molecule has 0 amide bonds. The smallest absolute Gasteiger partial charge is 0.330 e. The zero-order chi connectivity index (χ0) is 14.1. The molecule has 4 heteroatoms. The van der Waals surface area contributed by atoms with Crippen LogP contribution in [0.1, 0.15) is 34.6 Å². The molecule has 0 unspecified atom stereocenters. The van der Waals surface area contributed by atoms with E-state index in [2.05, 4.69) is 4.74 Å². The summed E-state index contributed by atoms with van der Waals surface area (Å²) in [6.45, 7) is 9.53. The highest BCUT2D eigenvalue weighted by molar-refractivity contribution is 5.83. The highest BCUT2D eigenvalue weighted by Crippen LogP contribution is 2.59. The first-order valence-corrected chi connectivity index (χ1v) is 6.08. The average molecular weight is 254 g/mol. The molecule has 4 nitrogen and oxygen atoms in total. The van der Waals surface area contributed by atoms with Crippen molar-refractivity contribution in [1.82, 2.24) is 0 Å². The van der Waals surface area contributed by atoms with Crippen molar-refractivity contribution in [3.63, 3.8) is 0 Å². The van der Waals surface area contributed by atoms with Crippen molar-refractivity contribution in [2.45, 2.75) is 40.2 Å². The van der Waals surface area contributed by atoms with E-state index in [9.17, 15) is 9.59 Å². The Morgan fingerprint density at radius 2 is 1.78 bits per heavy atom. The number of methoxy groups -OCH3 is 1. The van der Waals surface area contributed by atoms with Crippen molar-refractivity contribution in [2.24, 2.45) is 17.3 Å². The number of allylic oxidation sites excluding steroid dienone is 1. The van der Waals surface area contributed by atoms with Gasteiger partial charge in [0.05, 0.1) is 13.0 Å². The molecular formula is C14H22O4. The maximum Gasteiger partial charge on any atom is 0.330 e. The number of rotatable bonds is 3. The monoisotopic (exact) mass is 254 g/mol. The topological polar surface area (TPSA) is 52.6 Å². The van der Waals surface area contributed by atoms with Crippen LogP contribution in [0.15, 0.2) is 12.2 Å². The molecule has 0 N–H and O–H groups in total. The van der Waals surface area contributed by atoms with Gasteiger partial charge in [0.1, 0.15) is 5.60 Å². The van der Waals surface area contributed by atoms with Crippen LogP contribution in [0.5, 0.6) is 0 Å². The minimum Gasteiger partial charge on any atom is -0.466 e.